The summed E-state index contributed by atoms with van der Waals surface area (Å²) in [4.78, 5) is 41.3. The van der Waals surface area contributed by atoms with E-state index in [1.807, 2.05) is 0 Å². The summed E-state index contributed by atoms with van der Waals surface area (Å²) in [5.74, 6) is -1.41. The molecule has 1 atom stereocenters. The molecule has 0 bridgehead atoms. The van der Waals surface area contributed by atoms with Crippen LogP contribution in [0, 0.1) is 0 Å². The van der Waals surface area contributed by atoms with Crippen LogP contribution in [0.15, 0.2) is 24.8 Å². The number of amides is 1. The van der Waals surface area contributed by atoms with Crippen molar-refractivity contribution in [1.82, 2.24) is 25.3 Å². The van der Waals surface area contributed by atoms with Crippen LogP contribution in [0.25, 0.3) is 0 Å². The lowest BCUT2D eigenvalue weighted by molar-refractivity contribution is -0.137. The summed E-state index contributed by atoms with van der Waals surface area (Å²) in [5.41, 5.74) is 5.45. The fraction of sp³-hybridized carbons (Fsp3) is 0.300. The van der Waals surface area contributed by atoms with E-state index >= 15 is 0 Å². The first-order valence-corrected chi connectivity index (χ1v) is 11.0. The molecule has 14 heteroatoms. The first kappa shape index (κ1) is 25.5. The molecule has 3 rings (SSSR count). The Kier molecular flexibility index (Phi) is 7.79. The second-order valence-electron chi connectivity index (χ2n) is 7.21. The van der Waals surface area contributed by atoms with Gasteiger partial charge in [0.2, 0.25) is 0 Å². The van der Waals surface area contributed by atoms with Gasteiger partial charge in [0.1, 0.15) is 28.5 Å². The third-order valence-electron chi connectivity index (χ3n) is 4.66. The molecule has 0 fully saturated rings. The predicted octanol–water partition coefficient (Wildman–Crippen LogP) is 3.93. The number of nitrogens with two attached hydrogens (primary N) is 1. The van der Waals surface area contributed by atoms with E-state index in [-0.39, 0.29) is 40.3 Å². The molecule has 0 spiro atoms. The Hall–Kier alpha value is -3.16. The molecule has 180 valence electrons. The molecule has 0 aliphatic carbocycles. The lowest BCUT2D eigenvalue weighted by atomic mass is 10.0. The number of anilines is 2. The van der Waals surface area contributed by atoms with Crippen molar-refractivity contribution in [2.75, 3.05) is 18.1 Å². The number of Topliss-reactive ketones (excluding diaryl/α,β-unsaturated/α-hetero) is 1. The van der Waals surface area contributed by atoms with Gasteiger partial charge in [0.05, 0.1) is 21.8 Å². The Morgan fingerprint density at radius 3 is 2.62 bits per heavy atom. The number of carbonyl (C=O) groups excluding carboxylic acids is 2. The molecular formula is C20H19ClF3N7O2S. The number of nitrogens with zero attached hydrogens (tertiary/aromatic N) is 4. The molecule has 0 radical (unpaired) electrons. The topological polar surface area (TPSA) is 136 Å². The van der Waals surface area contributed by atoms with Crippen LogP contribution < -0.4 is 16.4 Å². The summed E-state index contributed by atoms with van der Waals surface area (Å²) in [6, 6.07) is 0.652. The Bertz CT molecular complexity index is 1220. The number of alkyl halides is 3. The number of hydrogen-bond acceptors (Lipinski definition) is 9. The number of carbonyl (C=O) groups is 2. The molecule has 0 unspecified atom stereocenters. The van der Waals surface area contributed by atoms with Gasteiger partial charge in [-0.3, -0.25) is 9.59 Å². The van der Waals surface area contributed by atoms with Crippen molar-refractivity contribution < 1.29 is 22.8 Å². The van der Waals surface area contributed by atoms with E-state index in [4.69, 9.17) is 17.3 Å². The predicted molar refractivity (Wildman–Crippen MR) is 121 cm³/mol. The minimum Gasteiger partial charge on any atom is -0.383 e. The van der Waals surface area contributed by atoms with Crippen LogP contribution in [-0.4, -0.2) is 38.7 Å². The Labute approximate surface area is 201 Å². The van der Waals surface area contributed by atoms with E-state index in [0.717, 1.165) is 17.5 Å². The van der Waals surface area contributed by atoms with E-state index in [2.05, 4.69) is 30.6 Å². The SMILES string of the molecule is CNCc1c(N)ncnc1C(=O)C[C@@H](C)c1ncc(C(=O)Nc2cc(C(F)(F)F)c(Cl)cn2)s1. The second kappa shape index (κ2) is 10.4. The van der Waals surface area contributed by atoms with E-state index < -0.39 is 22.7 Å². The zero-order valence-electron chi connectivity index (χ0n) is 17.9. The molecule has 3 aromatic heterocycles. The van der Waals surface area contributed by atoms with Crippen LogP contribution >= 0.6 is 22.9 Å². The van der Waals surface area contributed by atoms with Crippen LogP contribution in [0.4, 0.5) is 24.8 Å². The van der Waals surface area contributed by atoms with Crippen LogP contribution in [0.1, 0.15) is 55.6 Å². The number of aromatic nitrogens is 4. The van der Waals surface area contributed by atoms with Gasteiger partial charge < -0.3 is 16.4 Å². The van der Waals surface area contributed by atoms with Gasteiger partial charge in [-0.15, -0.1) is 11.3 Å². The molecule has 4 N–H and O–H groups in total. The van der Waals surface area contributed by atoms with Crippen molar-refractivity contribution >= 4 is 46.3 Å². The van der Waals surface area contributed by atoms with Gasteiger partial charge in [0.15, 0.2) is 5.78 Å². The number of thiazole rings is 1. The van der Waals surface area contributed by atoms with Gasteiger partial charge in [-0.25, -0.2) is 19.9 Å². The van der Waals surface area contributed by atoms with Crippen LogP contribution in [0.3, 0.4) is 0 Å². The summed E-state index contributed by atoms with van der Waals surface area (Å²) in [6.45, 7) is 2.08. The first-order chi connectivity index (χ1) is 16.0. The van der Waals surface area contributed by atoms with Crippen LogP contribution in [-0.2, 0) is 12.7 Å². The molecule has 1 amide bonds. The second-order valence-corrected chi connectivity index (χ2v) is 8.68. The minimum absolute atomic E-state index is 0.0510. The normalized spacial score (nSPS) is 12.4. The van der Waals surface area contributed by atoms with Crippen LogP contribution in [0.5, 0.6) is 0 Å². The van der Waals surface area contributed by atoms with Gasteiger partial charge in [-0.05, 0) is 13.1 Å². The zero-order valence-corrected chi connectivity index (χ0v) is 19.5. The molecule has 34 heavy (non-hydrogen) atoms. The Morgan fingerprint density at radius 2 is 1.94 bits per heavy atom. The van der Waals surface area contributed by atoms with E-state index in [9.17, 15) is 22.8 Å². The smallest absolute Gasteiger partial charge is 0.383 e. The molecule has 0 saturated carbocycles. The first-order valence-electron chi connectivity index (χ1n) is 9.78. The van der Waals surface area contributed by atoms with Crippen molar-refractivity contribution in [3.05, 3.63) is 56.5 Å². The fourth-order valence-corrected chi connectivity index (χ4v) is 4.08. The molecule has 0 saturated heterocycles. The average Bonchev–Trinajstić information content (AvgIpc) is 3.26. The van der Waals surface area contributed by atoms with Gasteiger partial charge in [0.25, 0.3) is 5.91 Å². The van der Waals surface area contributed by atoms with Gasteiger partial charge in [-0.2, -0.15) is 13.2 Å². The van der Waals surface area contributed by atoms with Gasteiger partial charge in [0, 0.05) is 30.6 Å². The molecule has 9 nitrogen and oxygen atoms in total. The summed E-state index contributed by atoms with van der Waals surface area (Å²) >= 11 is 6.56. The lowest BCUT2D eigenvalue weighted by Gasteiger charge is -2.11. The van der Waals surface area contributed by atoms with E-state index in [0.29, 0.717) is 23.2 Å². The fourth-order valence-electron chi connectivity index (χ4n) is 3.00. The maximum atomic E-state index is 13.0. The molecule has 3 heterocycles. The summed E-state index contributed by atoms with van der Waals surface area (Å²) in [5, 5.41) is 5.13. The molecule has 3 aromatic rings. The highest BCUT2D eigenvalue weighted by atomic mass is 35.5. The van der Waals surface area contributed by atoms with Gasteiger partial charge in [-0.1, -0.05) is 18.5 Å². The lowest BCUT2D eigenvalue weighted by Crippen LogP contribution is -2.17. The standard InChI is InChI=1S/C20H19ClF3N7O2S/c1-9(3-13(32)16-10(5-26-2)17(25)30-8-29-16)19-28-7-14(34-19)18(33)31-15-4-11(20(22,23)24)12(21)6-27-15/h4,6-9,26H,3,5H2,1-2H3,(H2,25,29,30)(H,27,31,33)/t9-/m1/s1. The maximum Gasteiger partial charge on any atom is 0.418 e. The van der Waals surface area contributed by atoms with Crippen molar-refractivity contribution in [1.29, 1.82) is 0 Å². The molecule has 0 aliphatic heterocycles. The Morgan fingerprint density at radius 1 is 1.21 bits per heavy atom. The quantitative estimate of drug-likeness (QED) is 0.385. The highest BCUT2D eigenvalue weighted by molar-refractivity contribution is 7.13. The van der Waals surface area contributed by atoms with Crippen molar-refractivity contribution in [2.45, 2.75) is 32.0 Å². The molecule has 0 aliphatic rings. The van der Waals surface area contributed by atoms with Crippen molar-refractivity contribution in [2.24, 2.45) is 0 Å². The number of hydrogen-bond donors (Lipinski definition) is 3. The third kappa shape index (κ3) is 5.85. The molecular weight excluding hydrogens is 495 g/mol. The summed E-state index contributed by atoms with van der Waals surface area (Å²) in [6.07, 6.45) is -1.33. The summed E-state index contributed by atoms with van der Waals surface area (Å²) < 4.78 is 39.1. The van der Waals surface area contributed by atoms with Crippen molar-refractivity contribution in [3.63, 3.8) is 0 Å². The number of halogens is 4. The number of ketones is 1. The highest BCUT2D eigenvalue weighted by Crippen LogP contribution is 2.35. The maximum absolute atomic E-state index is 13.0. The summed E-state index contributed by atoms with van der Waals surface area (Å²) in [7, 11) is 1.70. The number of rotatable bonds is 8. The minimum atomic E-state index is -4.69. The van der Waals surface area contributed by atoms with E-state index in [1.54, 1.807) is 14.0 Å². The van der Waals surface area contributed by atoms with Gasteiger partial charge >= 0.3 is 6.18 Å². The number of pyridine rings is 1. The largest absolute Gasteiger partial charge is 0.418 e. The monoisotopic (exact) mass is 513 g/mol. The number of nitrogens with one attached hydrogen (secondary N) is 2. The van der Waals surface area contributed by atoms with Crippen molar-refractivity contribution in [3.8, 4) is 0 Å². The highest BCUT2D eigenvalue weighted by Gasteiger charge is 2.34. The van der Waals surface area contributed by atoms with E-state index in [1.165, 1.54) is 12.5 Å². The third-order valence-corrected chi connectivity index (χ3v) is 6.19. The Balaban J connectivity index is 1.71. The van der Waals surface area contributed by atoms with Crippen LogP contribution in [0.2, 0.25) is 5.02 Å². The molecule has 0 aromatic carbocycles. The average molecular weight is 514 g/mol. The number of nitrogen functional groups attached to an aromatic ring is 1. The zero-order chi connectivity index (χ0) is 25.0.